The summed E-state index contributed by atoms with van der Waals surface area (Å²) in [6.45, 7) is 2.02. The lowest BCUT2D eigenvalue weighted by Gasteiger charge is -2.04. The Balaban J connectivity index is 1.58. The van der Waals surface area contributed by atoms with Gasteiger partial charge >= 0.3 is 0 Å². The minimum atomic E-state index is -0.124. The van der Waals surface area contributed by atoms with Crippen molar-refractivity contribution < 1.29 is 4.79 Å². The highest BCUT2D eigenvalue weighted by Gasteiger charge is 2.08. The Labute approximate surface area is 149 Å². The van der Waals surface area contributed by atoms with E-state index in [1.807, 2.05) is 61.5 Å². The number of thiazole rings is 1. The number of fused-ring (bicyclic) bond motifs is 1. The highest BCUT2D eigenvalue weighted by Crippen LogP contribution is 2.28. The van der Waals surface area contributed by atoms with E-state index in [0.717, 1.165) is 32.3 Å². The predicted octanol–water partition coefficient (Wildman–Crippen LogP) is 4.32. The monoisotopic (exact) mass is 355 g/mol. The first-order valence-electron chi connectivity index (χ1n) is 7.65. The lowest BCUT2D eigenvalue weighted by molar-refractivity contribution is -0.118. The molecule has 0 aliphatic heterocycles. The second kappa shape index (κ2) is 8.08. The average molecular weight is 355 g/mol. The van der Waals surface area contributed by atoms with Crippen LogP contribution in [0.1, 0.15) is 18.9 Å². The number of nitrogens with one attached hydrogen (secondary N) is 1. The molecule has 1 aromatic heterocycles. The summed E-state index contributed by atoms with van der Waals surface area (Å²) in [7, 11) is 0. The van der Waals surface area contributed by atoms with Crippen LogP contribution in [0.3, 0.4) is 0 Å². The van der Waals surface area contributed by atoms with Crippen LogP contribution < -0.4 is 5.43 Å². The average Bonchev–Trinajstić information content (AvgIpc) is 3.04. The van der Waals surface area contributed by atoms with E-state index in [1.54, 1.807) is 11.3 Å². The fourth-order valence-electron chi connectivity index (χ4n) is 2.18. The summed E-state index contributed by atoms with van der Waals surface area (Å²) in [5.41, 5.74) is 5.51. The molecule has 122 valence electrons. The molecule has 0 fully saturated rings. The molecule has 0 spiro atoms. The van der Waals surface area contributed by atoms with Gasteiger partial charge in [-0.1, -0.05) is 61.2 Å². The standard InChI is InChI=1S/C18H17N3OS2/c1-2-14(13-8-4-3-5-9-13)20-21-17(22)12-23-18-19-15-10-6-7-11-16(15)24-18/h3-11H,2,12H2,1H3,(H,21,22)/b20-14+. The van der Waals surface area contributed by atoms with E-state index in [1.165, 1.54) is 11.8 Å². The molecule has 0 saturated carbocycles. The van der Waals surface area contributed by atoms with Crippen LogP contribution >= 0.6 is 23.1 Å². The van der Waals surface area contributed by atoms with Crippen LogP contribution in [0.5, 0.6) is 0 Å². The zero-order valence-corrected chi connectivity index (χ0v) is 14.9. The molecule has 6 heteroatoms. The number of carbonyl (C=O) groups excluding carboxylic acids is 1. The Morgan fingerprint density at radius 3 is 2.67 bits per heavy atom. The van der Waals surface area contributed by atoms with Gasteiger partial charge in [-0.05, 0) is 24.1 Å². The Morgan fingerprint density at radius 2 is 1.92 bits per heavy atom. The number of aromatic nitrogens is 1. The largest absolute Gasteiger partial charge is 0.272 e. The lowest BCUT2D eigenvalue weighted by atomic mass is 10.1. The van der Waals surface area contributed by atoms with Crippen LogP contribution in [0.4, 0.5) is 0 Å². The summed E-state index contributed by atoms with van der Waals surface area (Å²) in [5, 5.41) is 4.25. The third-order valence-corrected chi connectivity index (χ3v) is 5.54. The highest BCUT2D eigenvalue weighted by atomic mass is 32.2. The molecule has 3 aromatic rings. The van der Waals surface area contributed by atoms with E-state index in [0.29, 0.717) is 5.75 Å². The number of thioether (sulfide) groups is 1. The second-order valence-electron chi connectivity index (χ2n) is 5.05. The summed E-state index contributed by atoms with van der Waals surface area (Å²) in [5.74, 6) is 0.177. The zero-order chi connectivity index (χ0) is 16.8. The number of carbonyl (C=O) groups is 1. The fraction of sp³-hybridized carbons (Fsp3) is 0.167. The Kier molecular flexibility index (Phi) is 5.61. The molecule has 0 unspecified atom stereocenters. The van der Waals surface area contributed by atoms with E-state index in [2.05, 4.69) is 15.5 Å². The zero-order valence-electron chi connectivity index (χ0n) is 13.2. The maximum absolute atomic E-state index is 12.0. The van der Waals surface area contributed by atoms with Gasteiger partial charge in [0.1, 0.15) is 0 Å². The van der Waals surface area contributed by atoms with Gasteiger partial charge in [0, 0.05) is 0 Å². The van der Waals surface area contributed by atoms with Crippen molar-refractivity contribution in [3.05, 3.63) is 60.2 Å². The van der Waals surface area contributed by atoms with Gasteiger partial charge in [-0.15, -0.1) is 11.3 Å². The molecular weight excluding hydrogens is 338 g/mol. The van der Waals surface area contributed by atoms with Crippen molar-refractivity contribution in [2.24, 2.45) is 5.10 Å². The van der Waals surface area contributed by atoms with Crippen molar-refractivity contribution in [3.8, 4) is 0 Å². The van der Waals surface area contributed by atoms with Crippen molar-refractivity contribution in [2.45, 2.75) is 17.7 Å². The molecule has 0 saturated heterocycles. The minimum absolute atomic E-state index is 0.124. The predicted molar refractivity (Wildman–Crippen MR) is 102 cm³/mol. The second-order valence-corrected chi connectivity index (χ2v) is 7.30. The van der Waals surface area contributed by atoms with Crippen LogP contribution in [0, 0.1) is 0 Å². The van der Waals surface area contributed by atoms with E-state index >= 15 is 0 Å². The lowest BCUT2D eigenvalue weighted by Crippen LogP contribution is -2.21. The molecule has 1 N–H and O–H groups in total. The third kappa shape index (κ3) is 4.21. The van der Waals surface area contributed by atoms with Crippen LogP contribution in [0.15, 0.2) is 64.0 Å². The van der Waals surface area contributed by atoms with Gasteiger partial charge in [-0.2, -0.15) is 5.10 Å². The summed E-state index contributed by atoms with van der Waals surface area (Å²) in [6.07, 6.45) is 0.759. The van der Waals surface area contributed by atoms with Gasteiger partial charge in [0.2, 0.25) is 0 Å². The molecule has 0 aliphatic rings. The maximum Gasteiger partial charge on any atom is 0.250 e. The molecule has 1 amide bonds. The van der Waals surface area contributed by atoms with Crippen molar-refractivity contribution >= 4 is 44.9 Å². The summed E-state index contributed by atoms with van der Waals surface area (Å²) < 4.78 is 2.03. The molecule has 24 heavy (non-hydrogen) atoms. The van der Waals surface area contributed by atoms with E-state index in [4.69, 9.17) is 0 Å². The molecule has 0 radical (unpaired) electrons. The number of hydrogen-bond acceptors (Lipinski definition) is 5. The van der Waals surface area contributed by atoms with Crippen LogP contribution in [0.25, 0.3) is 10.2 Å². The van der Waals surface area contributed by atoms with Crippen molar-refractivity contribution in [3.63, 3.8) is 0 Å². The van der Waals surface area contributed by atoms with Gasteiger partial charge < -0.3 is 0 Å². The van der Waals surface area contributed by atoms with Gasteiger partial charge in [-0.25, -0.2) is 10.4 Å². The Morgan fingerprint density at radius 1 is 1.17 bits per heavy atom. The van der Waals surface area contributed by atoms with Gasteiger partial charge in [0.15, 0.2) is 4.34 Å². The molecule has 4 nitrogen and oxygen atoms in total. The third-order valence-electron chi connectivity index (χ3n) is 3.36. The first kappa shape index (κ1) is 16.7. The van der Waals surface area contributed by atoms with E-state index in [-0.39, 0.29) is 5.91 Å². The fourth-order valence-corrected chi connectivity index (χ4v) is 4.04. The quantitative estimate of drug-likeness (QED) is 0.407. The Hall–Kier alpha value is -2.18. The van der Waals surface area contributed by atoms with Crippen LogP contribution in [-0.4, -0.2) is 22.4 Å². The molecule has 0 aliphatic carbocycles. The number of benzene rings is 2. The Bertz CT molecular complexity index is 826. The summed E-state index contributed by atoms with van der Waals surface area (Å²) >= 11 is 3.04. The molecule has 3 rings (SSSR count). The van der Waals surface area contributed by atoms with Crippen molar-refractivity contribution in [1.29, 1.82) is 0 Å². The number of amides is 1. The van der Waals surface area contributed by atoms with Gasteiger partial charge in [0.25, 0.3) is 5.91 Å². The first-order valence-corrected chi connectivity index (χ1v) is 9.45. The summed E-state index contributed by atoms with van der Waals surface area (Å²) in [4.78, 5) is 16.5. The SMILES string of the molecule is CC/C(=N\NC(=O)CSc1nc2ccccc2s1)c1ccccc1. The first-order chi connectivity index (χ1) is 11.8. The summed E-state index contributed by atoms with van der Waals surface area (Å²) in [6, 6.07) is 17.8. The van der Waals surface area contributed by atoms with Crippen LogP contribution in [-0.2, 0) is 4.79 Å². The highest BCUT2D eigenvalue weighted by molar-refractivity contribution is 8.01. The van der Waals surface area contributed by atoms with E-state index in [9.17, 15) is 4.79 Å². The smallest absolute Gasteiger partial charge is 0.250 e. The van der Waals surface area contributed by atoms with Gasteiger partial charge in [-0.3, -0.25) is 4.79 Å². The maximum atomic E-state index is 12.0. The molecule has 0 bridgehead atoms. The number of para-hydroxylation sites is 1. The molecule has 0 atom stereocenters. The normalized spacial score (nSPS) is 11.6. The number of hydrogen-bond donors (Lipinski definition) is 1. The number of nitrogens with zero attached hydrogens (tertiary/aromatic N) is 2. The number of hydrazone groups is 1. The van der Waals surface area contributed by atoms with Crippen molar-refractivity contribution in [1.82, 2.24) is 10.4 Å². The van der Waals surface area contributed by atoms with E-state index < -0.39 is 0 Å². The topological polar surface area (TPSA) is 54.4 Å². The molecular formula is C18H17N3OS2. The molecule has 1 heterocycles. The molecule has 2 aromatic carbocycles. The minimum Gasteiger partial charge on any atom is -0.272 e. The van der Waals surface area contributed by atoms with Gasteiger partial charge in [0.05, 0.1) is 21.7 Å². The number of rotatable bonds is 6. The van der Waals surface area contributed by atoms with Crippen LogP contribution in [0.2, 0.25) is 0 Å². The van der Waals surface area contributed by atoms with Crippen molar-refractivity contribution in [2.75, 3.05) is 5.75 Å².